The molecule has 0 aromatic heterocycles. The van der Waals surface area contributed by atoms with Crippen molar-refractivity contribution in [1.29, 1.82) is 0 Å². The van der Waals surface area contributed by atoms with E-state index in [1.54, 1.807) is 0 Å². The van der Waals surface area contributed by atoms with Crippen molar-refractivity contribution in [2.75, 3.05) is 18.3 Å². The van der Waals surface area contributed by atoms with Gasteiger partial charge in [0.1, 0.15) is 0 Å². The summed E-state index contributed by atoms with van der Waals surface area (Å²) >= 11 is 0. The van der Waals surface area contributed by atoms with Gasteiger partial charge in [-0.3, -0.25) is 0 Å². The zero-order chi connectivity index (χ0) is 31.0. The van der Waals surface area contributed by atoms with E-state index >= 15 is 0 Å². The van der Waals surface area contributed by atoms with Gasteiger partial charge in [-0.15, -0.1) is 0 Å². The van der Waals surface area contributed by atoms with Gasteiger partial charge in [0, 0.05) is 47.5 Å². The molecule has 4 nitrogen and oxygen atoms in total. The molecular formula is C36H40N4S2Si2. The second kappa shape index (κ2) is 10.7. The third kappa shape index (κ3) is 4.18. The Morgan fingerprint density at radius 3 is 0.705 bits per heavy atom. The highest BCUT2D eigenvalue weighted by Crippen LogP contribution is 2.68. The molecule has 0 atom stereocenters. The average Bonchev–Trinajstić information content (AvgIpc) is 3.49. The van der Waals surface area contributed by atoms with E-state index in [1.807, 2.05) is 0 Å². The van der Waals surface area contributed by atoms with Crippen molar-refractivity contribution in [3.8, 4) is 0 Å². The molecule has 224 valence electrons. The minimum absolute atomic E-state index is 1.33. The first-order valence-electron chi connectivity index (χ1n) is 15.3. The SMILES string of the molecule is Cc1cccc(C)c1N1C=CN(c2c(C)cccc2C)[Si]12S[Si]1(S2)N(c2c(C)cccc2C)C=CN1c1c(C)cccc1C. The second-order valence-corrected chi connectivity index (χ2v) is 30.1. The highest BCUT2D eigenvalue weighted by atomic mass is 32.9. The van der Waals surface area contributed by atoms with Crippen LogP contribution in [0.3, 0.4) is 0 Å². The lowest BCUT2D eigenvalue weighted by Gasteiger charge is -2.59. The minimum Gasteiger partial charge on any atom is -0.339 e. The highest BCUT2D eigenvalue weighted by Gasteiger charge is 2.76. The number of rotatable bonds is 4. The molecule has 4 aromatic rings. The fourth-order valence-electron chi connectivity index (χ4n) is 7.23. The van der Waals surface area contributed by atoms with Gasteiger partial charge in [-0.1, -0.05) is 94.1 Å². The molecule has 0 bridgehead atoms. The van der Waals surface area contributed by atoms with E-state index in [0.717, 1.165) is 0 Å². The molecule has 44 heavy (non-hydrogen) atoms. The van der Waals surface area contributed by atoms with Crippen LogP contribution in [0, 0.1) is 55.4 Å². The smallest absolute Gasteiger partial charge is 0.339 e. The molecule has 1 fully saturated rings. The van der Waals surface area contributed by atoms with Crippen molar-refractivity contribution in [2.24, 2.45) is 0 Å². The molecule has 0 unspecified atom stereocenters. The van der Waals surface area contributed by atoms with Crippen LogP contribution in [0.2, 0.25) is 0 Å². The molecule has 0 saturated carbocycles. The predicted molar refractivity (Wildman–Crippen MR) is 199 cm³/mol. The van der Waals surface area contributed by atoms with Crippen LogP contribution >= 0.6 is 21.3 Å². The number of anilines is 4. The lowest BCUT2D eigenvalue weighted by molar-refractivity contribution is 1.26. The minimum atomic E-state index is -2.47. The van der Waals surface area contributed by atoms with Crippen LogP contribution < -0.4 is 18.3 Å². The molecule has 3 aliphatic rings. The Hall–Kier alpha value is -3.31. The summed E-state index contributed by atoms with van der Waals surface area (Å²) in [6.45, 7) is 13.2. The van der Waals surface area contributed by atoms with Gasteiger partial charge in [0.2, 0.25) is 0 Å². The number of nitrogens with zero attached hydrogens (tertiary/aromatic N) is 4. The predicted octanol–water partition coefficient (Wildman–Crippen LogP) is 9.80. The third-order valence-corrected chi connectivity index (χ3v) is 40.7. The molecule has 4 aromatic carbocycles. The first-order valence-corrected chi connectivity index (χ1v) is 23.6. The lowest BCUT2D eigenvalue weighted by atomic mass is 10.1. The van der Waals surface area contributed by atoms with Gasteiger partial charge < -0.3 is 18.3 Å². The summed E-state index contributed by atoms with van der Waals surface area (Å²) in [5, 5.41) is 0. The molecule has 1 saturated heterocycles. The number of hydrogen-bond donors (Lipinski definition) is 0. The molecule has 7 rings (SSSR count). The molecule has 0 aliphatic carbocycles. The van der Waals surface area contributed by atoms with Gasteiger partial charge in [-0.25, -0.2) is 0 Å². The lowest BCUT2D eigenvalue weighted by Crippen LogP contribution is -2.76. The third-order valence-electron chi connectivity index (χ3n) is 9.20. The largest absolute Gasteiger partial charge is 0.401 e. The van der Waals surface area contributed by atoms with E-state index in [-0.39, 0.29) is 0 Å². The van der Waals surface area contributed by atoms with Crippen LogP contribution in [0.1, 0.15) is 44.5 Å². The summed E-state index contributed by atoms with van der Waals surface area (Å²) in [5.41, 5.74) is 16.1. The summed E-state index contributed by atoms with van der Waals surface area (Å²) in [6.07, 6.45) is 9.52. The van der Waals surface area contributed by atoms with Gasteiger partial charge in [0.05, 0.1) is 0 Å². The first kappa shape index (κ1) is 29.4. The maximum atomic E-state index is 2.70. The van der Waals surface area contributed by atoms with Gasteiger partial charge >= 0.3 is 13.4 Å². The van der Waals surface area contributed by atoms with Crippen LogP contribution in [-0.2, 0) is 0 Å². The molecule has 3 heterocycles. The maximum Gasteiger partial charge on any atom is 0.401 e. The van der Waals surface area contributed by atoms with E-state index < -0.39 is 13.4 Å². The van der Waals surface area contributed by atoms with Crippen molar-refractivity contribution in [3.63, 3.8) is 0 Å². The standard InChI is InChI=1S/C36H40N4S2Si2/c1-25-13-9-14-26(2)33(25)37-21-22-38(34-27(3)15-10-16-28(34)4)43(37)41-44(42-43)39(35-29(5)17-11-18-30(35)6)23-24-40(44)36-31(7)19-12-20-32(36)8/h9-24H,1-8H3. The highest BCUT2D eigenvalue weighted by molar-refractivity contribution is 8.98. The van der Waals surface area contributed by atoms with Crippen LogP contribution in [0.15, 0.2) is 97.6 Å². The second-order valence-electron chi connectivity index (χ2n) is 12.3. The van der Waals surface area contributed by atoms with E-state index in [9.17, 15) is 0 Å². The topological polar surface area (TPSA) is 13.0 Å². The Labute approximate surface area is 272 Å². The van der Waals surface area contributed by atoms with Crippen LogP contribution in [-0.4, -0.2) is 13.4 Å². The van der Waals surface area contributed by atoms with E-state index in [4.69, 9.17) is 0 Å². The molecule has 2 spiro atoms. The van der Waals surface area contributed by atoms with Gasteiger partial charge in [0.15, 0.2) is 0 Å². The Bertz CT molecular complexity index is 1520. The number of benzene rings is 4. The summed E-state index contributed by atoms with van der Waals surface area (Å²) in [5.74, 6) is 0. The number of para-hydroxylation sites is 4. The van der Waals surface area contributed by atoms with Crippen molar-refractivity contribution in [2.45, 2.75) is 55.4 Å². The van der Waals surface area contributed by atoms with Crippen molar-refractivity contribution >= 4 is 57.5 Å². The quantitative estimate of drug-likeness (QED) is 0.203. The van der Waals surface area contributed by atoms with Gasteiger partial charge in [-0.2, -0.15) is 0 Å². The molecular weight excluding hydrogens is 609 g/mol. The molecule has 0 radical (unpaired) electrons. The van der Waals surface area contributed by atoms with Gasteiger partial charge in [-0.05, 0) is 99.9 Å². The van der Waals surface area contributed by atoms with E-state index in [1.165, 1.54) is 67.3 Å². The average molecular weight is 649 g/mol. The van der Waals surface area contributed by atoms with Crippen molar-refractivity contribution < 1.29 is 0 Å². The Kier molecular flexibility index (Phi) is 7.12. The Morgan fingerprint density at radius 2 is 0.523 bits per heavy atom. The zero-order valence-corrected chi connectivity index (χ0v) is 30.5. The van der Waals surface area contributed by atoms with Crippen LogP contribution in [0.4, 0.5) is 22.7 Å². The van der Waals surface area contributed by atoms with E-state index in [0.29, 0.717) is 0 Å². The summed E-state index contributed by atoms with van der Waals surface area (Å²) in [6, 6.07) is 26.9. The number of hydrogen-bond acceptors (Lipinski definition) is 6. The van der Waals surface area contributed by atoms with Gasteiger partial charge in [0.25, 0.3) is 0 Å². The van der Waals surface area contributed by atoms with Crippen molar-refractivity contribution in [1.82, 2.24) is 0 Å². The fraction of sp³-hybridized carbons (Fsp3) is 0.222. The molecule has 3 aliphatic heterocycles. The monoisotopic (exact) mass is 648 g/mol. The molecule has 8 heteroatoms. The van der Waals surface area contributed by atoms with Crippen LogP contribution in [0.5, 0.6) is 0 Å². The first-order chi connectivity index (χ1) is 21.1. The normalized spacial score (nSPS) is 17.8. The zero-order valence-electron chi connectivity index (χ0n) is 26.8. The Morgan fingerprint density at radius 1 is 0.341 bits per heavy atom. The molecule has 0 amide bonds. The summed E-state index contributed by atoms with van der Waals surface area (Å²) in [7, 11) is 4.59. The number of aryl methyl sites for hydroxylation is 8. The summed E-state index contributed by atoms with van der Waals surface area (Å²) in [4.78, 5) is 0. The maximum absolute atomic E-state index is 2.70. The van der Waals surface area contributed by atoms with E-state index in [2.05, 4.69) is 193 Å². The Balaban J connectivity index is 1.44. The van der Waals surface area contributed by atoms with Crippen LogP contribution in [0.25, 0.3) is 0 Å². The molecule has 0 N–H and O–H groups in total. The fourth-order valence-corrected chi connectivity index (χ4v) is 44.6. The van der Waals surface area contributed by atoms with Crippen molar-refractivity contribution in [3.05, 3.63) is 142 Å². The summed E-state index contributed by atoms with van der Waals surface area (Å²) < 4.78 is 10.8.